The lowest BCUT2D eigenvalue weighted by Gasteiger charge is -2.17. The molecule has 0 aliphatic carbocycles. The Labute approximate surface area is 241 Å². The molecule has 39 heavy (non-hydrogen) atoms. The first kappa shape index (κ1) is 28.0. The number of rotatable bonds is 9. The van der Waals surface area contributed by atoms with Gasteiger partial charge in [-0.25, -0.2) is 0 Å². The minimum atomic E-state index is -0.428. The molecule has 1 unspecified atom stereocenters. The Bertz CT molecular complexity index is 1450. The van der Waals surface area contributed by atoms with Gasteiger partial charge in [-0.05, 0) is 60.6 Å². The number of hydrogen-bond donors (Lipinski definition) is 3. The Morgan fingerprint density at radius 2 is 1.51 bits per heavy atom. The van der Waals surface area contributed by atoms with Gasteiger partial charge in [0, 0.05) is 10.9 Å². The highest BCUT2D eigenvalue weighted by Crippen LogP contribution is 2.24. The quantitative estimate of drug-likeness (QED) is 0.186. The zero-order chi connectivity index (χ0) is 27.6. The molecule has 6 nitrogen and oxygen atoms in total. The lowest BCUT2D eigenvalue weighted by atomic mass is 10.1. The van der Waals surface area contributed by atoms with Gasteiger partial charge < -0.3 is 15.4 Å². The monoisotopic (exact) mass is 601 g/mol. The molecule has 0 radical (unpaired) electrons. The molecule has 3 N–H and O–H groups in total. The van der Waals surface area contributed by atoms with Crippen molar-refractivity contribution in [3.8, 4) is 5.75 Å². The van der Waals surface area contributed by atoms with Crippen LogP contribution in [0.15, 0.2) is 108 Å². The molecule has 8 heteroatoms. The zero-order valence-electron chi connectivity index (χ0n) is 21.3. The molecule has 0 heterocycles. The summed E-state index contributed by atoms with van der Waals surface area (Å²) in [6.07, 6.45) is 0.708. The van der Waals surface area contributed by atoms with Crippen LogP contribution in [0.5, 0.6) is 5.75 Å². The van der Waals surface area contributed by atoms with Gasteiger partial charge in [-0.1, -0.05) is 88.7 Å². The summed E-state index contributed by atoms with van der Waals surface area (Å²) < 4.78 is 6.68. The van der Waals surface area contributed by atoms with Crippen molar-refractivity contribution < 1.29 is 14.3 Å². The summed E-state index contributed by atoms with van der Waals surface area (Å²) in [6, 6.07) is 31.8. The fraction of sp³-hybridized carbons (Fsp3) is 0.129. The molecular weight excluding hydrogens is 574 g/mol. The molecule has 4 aromatic carbocycles. The maximum Gasteiger partial charge on any atom is 0.261 e. The van der Waals surface area contributed by atoms with Crippen LogP contribution in [0.1, 0.15) is 44.8 Å². The zero-order valence-corrected chi connectivity index (χ0v) is 23.7. The highest BCUT2D eigenvalue weighted by molar-refractivity contribution is 9.10. The van der Waals surface area contributed by atoms with Gasteiger partial charge in [0.2, 0.25) is 0 Å². The lowest BCUT2D eigenvalue weighted by Crippen LogP contribution is -2.35. The lowest BCUT2D eigenvalue weighted by molar-refractivity contribution is 0.0939. The van der Waals surface area contributed by atoms with E-state index in [2.05, 4.69) is 31.9 Å². The van der Waals surface area contributed by atoms with Gasteiger partial charge in [-0.2, -0.15) is 0 Å². The molecule has 0 saturated carbocycles. The molecule has 0 aromatic heterocycles. The van der Waals surface area contributed by atoms with Crippen LogP contribution in [0.3, 0.4) is 0 Å². The number of thiocarbonyl (C=S) groups is 1. The molecule has 0 saturated heterocycles. The second-order valence-electron chi connectivity index (χ2n) is 8.78. The van der Waals surface area contributed by atoms with Crippen molar-refractivity contribution in [1.82, 2.24) is 10.6 Å². The molecule has 2 amide bonds. The van der Waals surface area contributed by atoms with Crippen molar-refractivity contribution in [3.05, 3.63) is 130 Å². The number of hydrogen-bond acceptors (Lipinski definition) is 4. The highest BCUT2D eigenvalue weighted by atomic mass is 79.9. The van der Waals surface area contributed by atoms with Gasteiger partial charge in [0.25, 0.3) is 11.8 Å². The first-order valence-corrected chi connectivity index (χ1v) is 13.6. The van der Waals surface area contributed by atoms with Crippen LogP contribution < -0.4 is 20.7 Å². The van der Waals surface area contributed by atoms with Crippen molar-refractivity contribution in [2.75, 3.05) is 11.9 Å². The number of anilines is 1. The van der Waals surface area contributed by atoms with Crippen molar-refractivity contribution in [2.45, 2.75) is 19.4 Å². The third-order valence-electron chi connectivity index (χ3n) is 5.97. The normalized spacial score (nSPS) is 11.2. The van der Waals surface area contributed by atoms with Crippen molar-refractivity contribution in [2.24, 2.45) is 0 Å². The van der Waals surface area contributed by atoms with Crippen molar-refractivity contribution in [3.63, 3.8) is 0 Å². The largest absolute Gasteiger partial charge is 0.492 e. The predicted octanol–water partition coefficient (Wildman–Crippen LogP) is 6.69. The fourth-order valence-corrected chi connectivity index (χ4v) is 4.51. The maximum absolute atomic E-state index is 13.2. The summed E-state index contributed by atoms with van der Waals surface area (Å²) in [7, 11) is 0. The van der Waals surface area contributed by atoms with E-state index < -0.39 is 5.91 Å². The van der Waals surface area contributed by atoms with Crippen LogP contribution in [0, 0.1) is 0 Å². The van der Waals surface area contributed by atoms with Crippen LogP contribution in [0.4, 0.5) is 5.69 Å². The Kier molecular flexibility index (Phi) is 9.83. The van der Waals surface area contributed by atoms with Crippen LogP contribution in [-0.4, -0.2) is 23.5 Å². The minimum Gasteiger partial charge on any atom is -0.492 e. The van der Waals surface area contributed by atoms with Gasteiger partial charge in [-0.3, -0.25) is 14.9 Å². The number of nitrogens with one attached hydrogen (secondary N) is 3. The molecule has 198 valence electrons. The third-order valence-corrected chi connectivity index (χ3v) is 6.67. The molecule has 4 aromatic rings. The Morgan fingerprint density at radius 3 is 2.26 bits per heavy atom. The van der Waals surface area contributed by atoms with Crippen LogP contribution in [0.2, 0.25) is 0 Å². The van der Waals surface area contributed by atoms with Gasteiger partial charge >= 0.3 is 0 Å². The summed E-state index contributed by atoms with van der Waals surface area (Å²) in [4.78, 5) is 26.2. The molecule has 4 rings (SSSR count). The molecule has 0 aliphatic heterocycles. The molecular formula is C31H28BrN3O3S. The number of carbonyl (C=O) groups excluding carboxylic acids is 2. The van der Waals surface area contributed by atoms with E-state index in [-0.39, 0.29) is 17.1 Å². The van der Waals surface area contributed by atoms with Gasteiger partial charge in [0.15, 0.2) is 5.11 Å². The first-order chi connectivity index (χ1) is 18.9. The third kappa shape index (κ3) is 7.99. The Balaban J connectivity index is 1.40. The topological polar surface area (TPSA) is 79.5 Å². The Morgan fingerprint density at radius 1 is 0.846 bits per heavy atom. The number of amides is 2. The van der Waals surface area contributed by atoms with Crippen LogP contribution in [-0.2, 0) is 6.42 Å². The molecule has 0 bridgehead atoms. The fourth-order valence-electron chi connectivity index (χ4n) is 3.94. The number of benzene rings is 4. The number of ether oxygens (including phenoxy) is 1. The minimum absolute atomic E-state index is 0.0616. The highest BCUT2D eigenvalue weighted by Gasteiger charge is 2.18. The first-order valence-electron chi connectivity index (χ1n) is 12.4. The smallest absolute Gasteiger partial charge is 0.261 e. The molecule has 1 atom stereocenters. The van der Waals surface area contributed by atoms with Gasteiger partial charge in [0.05, 0.1) is 29.5 Å². The second kappa shape index (κ2) is 13.7. The average Bonchev–Trinajstić information content (AvgIpc) is 2.95. The average molecular weight is 603 g/mol. The summed E-state index contributed by atoms with van der Waals surface area (Å²) in [5, 5.41) is 8.76. The number of para-hydroxylation sites is 1. The van der Waals surface area contributed by atoms with Crippen molar-refractivity contribution in [1.29, 1.82) is 0 Å². The van der Waals surface area contributed by atoms with E-state index >= 15 is 0 Å². The van der Waals surface area contributed by atoms with Gasteiger partial charge in [0.1, 0.15) is 5.75 Å². The van der Waals surface area contributed by atoms with E-state index in [0.717, 1.165) is 15.6 Å². The van der Waals surface area contributed by atoms with E-state index in [0.29, 0.717) is 35.6 Å². The number of carbonyl (C=O) groups is 2. The van der Waals surface area contributed by atoms with E-state index in [1.165, 1.54) is 0 Å². The Hall–Kier alpha value is -4.01. The molecule has 0 spiro atoms. The van der Waals surface area contributed by atoms with Crippen LogP contribution >= 0.6 is 28.1 Å². The van der Waals surface area contributed by atoms with E-state index in [1.54, 1.807) is 36.4 Å². The summed E-state index contributed by atoms with van der Waals surface area (Å²) in [5.74, 6) is -0.239. The predicted molar refractivity (Wildman–Crippen MR) is 162 cm³/mol. The van der Waals surface area contributed by atoms with Crippen molar-refractivity contribution >= 4 is 50.8 Å². The molecule has 0 fully saturated rings. The maximum atomic E-state index is 13.2. The summed E-state index contributed by atoms with van der Waals surface area (Å²) >= 11 is 8.85. The van der Waals surface area contributed by atoms with Crippen LogP contribution in [0.25, 0.3) is 0 Å². The van der Waals surface area contributed by atoms with E-state index in [9.17, 15) is 9.59 Å². The molecule has 0 aliphatic rings. The van der Waals surface area contributed by atoms with E-state index in [1.807, 2.05) is 73.7 Å². The second-order valence-corrected chi connectivity index (χ2v) is 10.1. The van der Waals surface area contributed by atoms with E-state index in [4.69, 9.17) is 17.0 Å². The number of halogens is 1. The standard InChI is InChI=1S/C31H28BrN3O3S/c1-21(23-12-6-3-7-13-23)33-29(36)25-14-8-9-15-27(25)34-31(39)35-30(37)26-20-24(32)16-17-28(26)38-19-18-22-10-4-2-5-11-22/h2-17,20-21H,18-19H2,1H3,(H,33,36)(H2,34,35,37,39). The SMILES string of the molecule is CC(NC(=O)c1ccccc1NC(=S)NC(=O)c1cc(Br)ccc1OCCc1ccccc1)c1ccccc1. The summed E-state index contributed by atoms with van der Waals surface area (Å²) in [6.45, 7) is 2.34. The van der Waals surface area contributed by atoms with Gasteiger partial charge in [-0.15, -0.1) is 0 Å². The summed E-state index contributed by atoms with van der Waals surface area (Å²) in [5.41, 5.74) is 3.37.